The van der Waals surface area contributed by atoms with Crippen LogP contribution in [0.1, 0.15) is 28.6 Å². The summed E-state index contributed by atoms with van der Waals surface area (Å²) in [7, 11) is 0. The zero-order chi connectivity index (χ0) is 21.6. The van der Waals surface area contributed by atoms with Crippen molar-refractivity contribution < 1.29 is 14.0 Å². The molecule has 2 N–H and O–H groups in total. The molecule has 0 radical (unpaired) electrons. The Labute approximate surface area is 180 Å². The SMILES string of the molecule is CCc1ccc(NC(=O)c2oc3ccccc3c2NC(=O)/C=C/c2ccccc2)cc1. The third-order valence-electron chi connectivity index (χ3n) is 4.90. The average Bonchev–Trinajstić information content (AvgIpc) is 3.17. The monoisotopic (exact) mass is 410 g/mol. The summed E-state index contributed by atoms with van der Waals surface area (Å²) in [4.78, 5) is 25.5. The van der Waals surface area contributed by atoms with Gasteiger partial charge in [0.1, 0.15) is 11.3 Å². The molecule has 0 bridgehead atoms. The van der Waals surface area contributed by atoms with E-state index in [1.165, 1.54) is 11.6 Å². The minimum atomic E-state index is -0.428. The molecular formula is C26H22N2O3. The molecule has 5 heteroatoms. The number of nitrogens with one attached hydrogen (secondary N) is 2. The lowest BCUT2D eigenvalue weighted by atomic mass is 10.1. The Balaban J connectivity index is 1.59. The summed E-state index contributed by atoms with van der Waals surface area (Å²) >= 11 is 0. The third kappa shape index (κ3) is 4.73. The van der Waals surface area contributed by atoms with Gasteiger partial charge in [-0.3, -0.25) is 9.59 Å². The van der Waals surface area contributed by atoms with Crippen LogP contribution in [0.4, 0.5) is 11.4 Å². The first-order valence-electron chi connectivity index (χ1n) is 10.1. The van der Waals surface area contributed by atoms with E-state index in [0.29, 0.717) is 22.3 Å². The van der Waals surface area contributed by atoms with Crippen molar-refractivity contribution in [3.63, 3.8) is 0 Å². The van der Waals surface area contributed by atoms with Crippen molar-refractivity contribution >= 4 is 40.2 Å². The van der Waals surface area contributed by atoms with Gasteiger partial charge in [-0.05, 0) is 47.9 Å². The van der Waals surface area contributed by atoms with E-state index in [0.717, 1.165) is 12.0 Å². The lowest BCUT2D eigenvalue weighted by molar-refractivity contribution is -0.111. The molecule has 4 aromatic rings. The topological polar surface area (TPSA) is 71.3 Å². The van der Waals surface area contributed by atoms with Crippen molar-refractivity contribution in [2.24, 2.45) is 0 Å². The number of amides is 2. The number of hydrogen-bond donors (Lipinski definition) is 2. The van der Waals surface area contributed by atoms with Crippen LogP contribution in [0.5, 0.6) is 0 Å². The van der Waals surface area contributed by atoms with Crippen molar-refractivity contribution in [1.29, 1.82) is 0 Å². The van der Waals surface area contributed by atoms with Crippen LogP contribution < -0.4 is 10.6 Å². The molecule has 1 aromatic heterocycles. The van der Waals surface area contributed by atoms with Gasteiger partial charge in [0, 0.05) is 17.1 Å². The van der Waals surface area contributed by atoms with Crippen LogP contribution in [-0.2, 0) is 11.2 Å². The molecule has 0 aliphatic heterocycles. The number of anilines is 2. The Kier molecular flexibility index (Phi) is 5.94. The van der Waals surface area contributed by atoms with Gasteiger partial charge in [0.15, 0.2) is 0 Å². The molecule has 0 unspecified atom stereocenters. The average molecular weight is 410 g/mol. The van der Waals surface area contributed by atoms with Gasteiger partial charge >= 0.3 is 0 Å². The molecule has 31 heavy (non-hydrogen) atoms. The normalized spacial score (nSPS) is 11.0. The number of hydrogen-bond acceptors (Lipinski definition) is 3. The van der Waals surface area contributed by atoms with E-state index < -0.39 is 5.91 Å². The van der Waals surface area contributed by atoms with E-state index >= 15 is 0 Å². The summed E-state index contributed by atoms with van der Waals surface area (Å²) in [6.45, 7) is 2.07. The molecule has 0 saturated heterocycles. The summed E-state index contributed by atoms with van der Waals surface area (Å²) < 4.78 is 5.79. The molecule has 154 valence electrons. The number of aryl methyl sites for hydroxylation is 1. The van der Waals surface area contributed by atoms with Gasteiger partial charge in [-0.2, -0.15) is 0 Å². The number of benzene rings is 3. The number of furan rings is 1. The second-order valence-electron chi connectivity index (χ2n) is 7.04. The van der Waals surface area contributed by atoms with Gasteiger partial charge in [-0.1, -0.05) is 61.5 Å². The Morgan fingerprint density at radius 3 is 2.32 bits per heavy atom. The highest BCUT2D eigenvalue weighted by molar-refractivity contribution is 6.16. The van der Waals surface area contributed by atoms with Crippen LogP contribution in [-0.4, -0.2) is 11.8 Å². The van der Waals surface area contributed by atoms with E-state index in [2.05, 4.69) is 17.6 Å². The minimum Gasteiger partial charge on any atom is -0.449 e. The molecule has 0 aliphatic rings. The van der Waals surface area contributed by atoms with E-state index in [9.17, 15) is 9.59 Å². The molecular weight excluding hydrogens is 388 g/mol. The molecule has 5 nitrogen and oxygen atoms in total. The van der Waals surface area contributed by atoms with E-state index in [4.69, 9.17) is 4.42 Å². The first-order chi connectivity index (χ1) is 15.1. The highest BCUT2D eigenvalue weighted by Gasteiger charge is 2.22. The highest BCUT2D eigenvalue weighted by Crippen LogP contribution is 2.31. The number of carbonyl (C=O) groups is 2. The maximum Gasteiger partial charge on any atom is 0.293 e. The summed E-state index contributed by atoms with van der Waals surface area (Å²) in [5.74, 6) is -0.721. The van der Waals surface area contributed by atoms with Crippen LogP contribution in [0.3, 0.4) is 0 Å². The van der Waals surface area contributed by atoms with Gasteiger partial charge in [0.25, 0.3) is 5.91 Å². The first kappa shape index (κ1) is 20.2. The smallest absolute Gasteiger partial charge is 0.293 e. The molecule has 0 saturated carbocycles. The predicted molar refractivity (Wildman–Crippen MR) is 124 cm³/mol. The minimum absolute atomic E-state index is 0.0576. The van der Waals surface area contributed by atoms with Gasteiger partial charge in [-0.15, -0.1) is 0 Å². The fourth-order valence-corrected chi connectivity index (χ4v) is 3.24. The second-order valence-corrected chi connectivity index (χ2v) is 7.04. The number of fused-ring (bicyclic) bond motifs is 1. The van der Waals surface area contributed by atoms with Crippen LogP contribution >= 0.6 is 0 Å². The van der Waals surface area contributed by atoms with Crippen LogP contribution in [0.15, 0.2) is 89.4 Å². The van der Waals surface area contributed by atoms with Crippen molar-refractivity contribution in [3.8, 4) is 0 Å². The Bertz CT molecular complexity index is 1240. The lowest BCUT2D eigenvalue weighted by Crippen LogP contribution is -2.15. The molecule has 0 atom stereocenters. The molecule has 0 fully saturated rings. The number of rotatable bonds is 6. The van der Waals surface area contributed by atoms with Crippen LogP contribution in [0.2, 0.25) is 0 Å². The van der Waals surface area contributed by atoms with E-state index in [1.807, 2.05) is 72.8 Å². The first-order valence-corrected chi connectivity index (χ1v) is 10.1. The maximum atomic E-state index is 12.9. The quantitative estimate of drug-likeness (QED) is 0.389. The van der Waals surface area contributed by atoms with E-state index in [-0.39, 0.29) is 11.7 Å². The lowest BCUT2D eigenvalue weighted by Gasteiger charge is -2.07. The summed E-state index contributed by atoms with van der Waals surface area (Å²) in [6.07, 6.45) is 4.07. The van der Waals surface area contributed by atoms with Crippen molar-refractivity contribution in [1.82, 2.24) is 0 Å². The maximum absolute atomic E-state index is 12.9. The third-order valence-corrected chi connectivity index (χ3v) is 4.90. The van der Waals surface area contributed by atoms with Gasteiger partial charge in [0.05, 0.1) is 0 Å². The van der Waals surface area contributed by atoms with Crippen molar-refractivity contribution in [2.45, 2.75) is 13.3 Å². The Hall–Kier alpha value is -4.12. The zero-order valence-corrected chi connectivity index (χ0v) is 17.1. The molecule has 2 amide bonds. The zero-order valence-electron chi connectivity index (χ0n) is 17.1. The van der Waals surface area contributed by atoms with Crippen LogP contribution in [0.25, 0.3) is 17.0 Å². The molecule has 0 aliphatic carbocycles. The summed E-state index contributed by atoms with van der Waals surface area (Å²) in [6, 6.07) is 24.4. The highest BCUT2D eigenvalue weighted by atomic mass is 16.3. The molecule has 0 spiro atoms. The molecule has 3 aromatic carbocycles. The summed E-state index contributed by atoms with van der Waals surface area (Å²) in [5, 5.41) is 6.31. The van der Waals surface area contributed by atoms with Crippen molar-refractivity contribution in [3.05, 3.63) is 102 Å². The fourth-order valence-electron chi connectivity index (χ4n) is 3.24. The second kappa shape index (κ2) is 9.13. The van der Waals surface area contributed by atoms with Gasteiger partial charge in [0.2, 0.25) is 11.7 Å². The Morgan fingerprint density at radius 1 is 0.871 bits per heavy atom. The molecule has 4 rings (SSSR count). The Morgan fingerprint density at radius 2 is 1.58 bits per heavy atom. The predicted octanol–water partition coefficient (Wildman–Crippen LogP) is 5.90. The number of carbonyl (C=O) groups excluding carboxylic acids is 2. The van der Waals surface area contributed by atoms with Gasteiger partial charge in [-0.25, -0.2) is 0 Å². The van der Waals surface area contributed by atoms with Crippen LogP contribution in [0, 0.1) is 0 Å². The van der Waals surface area contributed by atoms with Gasteiger partial charge < -0.3 is 15.1 Å². The number of para-hydroxylation sites is 1. The summed E-state index contributed by atoms with van der Waals surface area (Å²) in [5.41, 5.74) is 3.62. The largest absolute Gasteiger partial charge is 0.449 e. The standard InChI is InChI=1S/C26H22N2O3/c1-2-18-12-15-20(16-13-18)27-26(30)25-24(21-10-6-7-11-22(21)31-25)28-23(29)17-14-19-8-4-3-5-9-19/h3-17H,2H2,1H3,(H,27,30)(H,28,29)/b17-14+. The molecule has 1 heterocycles. The van der Waals surface area contributed by atoms with E-state index in [1.54, 1.807) is 12.1 Å². The van der Waals surface area contributed by atoms with Crippen molar-refractivity contribution in [2.75, 3.05) is 10.6 Å². The fraction of sp³-hybridized carbons (Fsp3) is 0.0769.